The summed E-state index contributed by atoms with van der Waals surface area (Å²) in [5, 5.41) is 10.3. The lowest BCUT2D eigenvalue weighted by Gasteiger charge is -2.29. The Morgan fingerprint density at radius 3 is 2.33 bits per heavy atom. The molecule has 1 heterocycles. The molecule has 0 spiro atoms. The summed E-state index contributed by atoms with van der Waals surface area (Å²) in [5.41, 5.74) is 3.80. The summed E-state index contributed by atoms with van der Waals surface area (Å²) in [6.07, 6.45) is 3.44. The zero-order chi connectivity index (χ0) is 19.1. The van der Waals surface area contributed by atoms with Gasteiger partial charge in [-0.1, -0.05) is 29.8 Å². The fourth-order valence-electron chi connectivity index (χ4n) is 3.58. The van der Waals surface area contributed by atoms with Crippen LogP contribution in [-0.2, 0) is 6.54 Å². The molecule has 0 radical (unpaired) electrons. The Bertz CT molecular complexity index is 679. The third-order valence-corrected chi connectivity index (χ3v) is 5.10. The molecule has 1 atom stereocenters. The first kappa shape index (κ1) is 19.7. The van der Waals surface area contributed by atoms with Gasteiger partial charge in [-0.25, -0.2) is 0 Å². The molecule has 1 N–H and O–H groups in total. The number of hydrogen-bond acceptors (Lipinski definition) is 4. The molecule has 146 valence electrons. The first-order chi connectivity index (χ1) is 13.1. The van der Waals surface area contributed by atoms with Crippen LogP contribution in [0.2, 0.25) is 0 Å². The van der Waals surface area contributed by atoms with Crippen molar-refractivity contribution in [3.05, 3.63) is 59.7 Å². The van der Waals surface area contributed by atoms with Crippen molar-refractivity contribution in [2.75, 3.05) is 38.2 Å². The first-order valence-electron chi connectivity index (χ1n) is 10.00. The van der Waals surface area contributed by atoms with Gasteiger partial charge in [0.1, 0.15) is 18.5 Å². The summed E-state index contributed by atoms with van der Waals surface area (Å²) in [7, 11) is 2.04. The molecule has 1 fully saturated rings. The van der Waals surface area contributed by atoms with E-state index in [2.05, 4.69) is 34.1 Å². The fraction of sp³-hybridized carbons (Fsp3) is 0.478. The Morgan fingerprint density at radius 1 is 1.00 bits per heavy atom. The Hall–Kier alpha value is -2.04. The third kappa shape index (κ3) is 6.26. The zero-order valence-electron chi connectivity index (χ0n) is 16.6. The molecule has 4 heteroatoms. The van der Waals surface area contributed by atoms with E-state index < -0.39 is 6.10 Å². The van der Waals surface area contributed by atoms with Gasteiger partial charge in [-0.05, 0) is 63.1 Å². The quantitative estimate of drug-likeness (QED) is 0.768. The van der Waals surface area contributed by atoms with Crippen molar-refractivity contribution in [2.24, 2.45) is 0 Å². The van der Waals surface area contributed by atoms with Crippen LogP contribution >= 0.6 is 0 Å². The largest absolute Gasteiger partial charge is 0.491 e. The number of aryl methyl sites for hydroxylation is 1. The van der Waals surface area contributed by atoms with Crippen LogP contribution in [-0.4, -0.2) is 49.4 Å². The molecule has 1 aliphatic heterocycles. The average molecular weight is 369 g/mol. The number of aliphatic hydroxyl groups is 1. The van der Waals surface area contributed by atoms with E-state index in [1.165, 1.54) is 49.2 Å². The van der Waals surface area contributed by atoms with Crippen molar-refractivity contribution in [1.29, 1.82) is 0 Å². The molecule has 0 aliphatic carbocycles. The molecule has 2 aromatic rings. The maximum absolute atomic E-state index is 10.3. The second kappa shape index (κ2) is 9.77. The number of hydrogen-bond donors (Lipinski definition) is 1. The topological polar surface area (TPSA) is 35.9 Å². The van der Waals surface area contributed by atoms with Crippen molar-refractivity contribution in [1.82, 2.24) is 4.90 Å². The minimum atomic E-state index is -0.510. The molecule has 27 heavy (non-hydrogen) atoms. The smallest absolute Gasteiger partial charge is 0.119 e. The molecule has 0 unspecified atom stereocenters. The van der Waals surface area contributed by atoms with Gasteiger partial charge in [-0.2, -0.15) is 0 Å². The third-order valence-electron chi connectivity index (χ3n) is 5.10. The van der Waals surface area contributed by atoms with Gasteiger partial charge >= 0.3 is 0 Å². The van der Waals surface area contributed by atoms with Gasteiger partial charge in [0.2, 0.25) is 0 Å². The molecule has 0 aromatic heterocycles. The second-order valence-electron chi connectivity index (χ2n) is 7.69. The molecule has 0 bridgehead atoms. The predicted octanol–water partition coefficient (Wildman–Crippen LogP) is 3.86. The lowest BCUT2D eigenvalue weighted by atomic mass is 10.1. The van der Waals surface area contributed by atoms with Crippen molar-refractivity contribution in [3.8, 4) is 5.75 Å². The van der Waals surface area contributed by atoms with Crippen molar-refractivity contribution < 1.29 is 9.84 Å². The predicted molar refractivity (Wildman–Crippen MR) is 112 cm³/mol. The average Bonchev–Trinajstić information content (AvgIpc) is 2.69. The Morgan fingerprint density at radius 2 is 1.67 bits per heavy atom. The molecule has 2 aromatic carbocycles. The van der Waals surface area contributed by atoms with Gasteiger partial charge in [0, 0.05) is 31.9 Å². The number of piperidine rings is 1. The van der Waals surface area contributed by atoms with Gasteiger partial charge in [0.15, 0.2) is 0 Å². The number of benzene rings is 2. The number of likely N-dealkylation sites (N-methyl/N-ethyl adjacent to an activating group) is 1. The number of ether oxygens (including phenoxy) is 1. The van der Waals surface area contributed by atoms with Crippen LogP contribution in [0.1, 0.15) is 30.4 Å². The summed E-state index contributed by atoms with van der Waals surface area (Å²) in [6, 6.07) is 16.8. The van der Waals surface area contributed by atoms with Crippen LogP contribution in [0.5, 0.6) is 5.75 Å². The lowest BCUT2D eigenvalue weighted by molar-refractivity contribution is 0.0744. The van der Waals surface area contributed by atoms with Gasteiger partial charge in [-0.15, -0.1) is 0 Å². The van der Waals surface area contributed by atoms with Gasteiger partial charge in [-0.3, -0.25) is 4.90 Å². The SMILES string of the molecule is Cc1ccc(OC[C@@H](O)CN(C)Cc2ccc(N3CCCCC3)cc2)cc1. The molecule has 3 rings (SSSR count). The van der Waals surface area contributed by atoms with Crippen LogP contribution in [0.3, 0.4) is 0 Å². The van der Waals surface area contributed by atoms with E-state index in [1.807, 2.05) is 38.2 Å². The Balaban J connectivity index is 1.42. The molecule has 4 nitrogen and oxygen atoms in total. The van der Waals surface area contributed by atoms with Crippen LogP contribution in [0, 0.1) is 6.92 Å². The molecule has 1 aliphatic rings. The first-order valence-corrected chi connectivity index (χ1v) is 10.00. The van der Waals surface area contributed by atoms with Crippen LogP contribution < -0.4 is 9.64 Å². The minimum absolute atomic E-state index is 0.307. The summed E-state index contributed by atoms with van der Waals surface area (Å²) in [4.78, 5) is 4.61. The van der Waals surface area contributed by atoms with E-state index in [-0.39, 0.29) is 0 Å². The van der Waals surface area contributed by atoms with E-state index >= 15 is 0 Å². The maximum Gasteiger partial charge on any atom is 0.119 e. The van der Waals surface area contributed by atoms with Crippen molar-refractivity contribution in [3.63, 3.8) is 0 Å². The minimum Gasteiger partial charge on any atom is -0.491 e. The summed E-state index contributed by atoms with van der Waals surface area (Å²) < 4.78 is 5.67. The molecule has 1 saturated heterocycles. The highest BCUT2D eigenvalue weighted by Crippen LogP contribution is 2.20. The fourth-order valence-corrected chi connectivity index (χ4v) is 3.58. The number of nitrogens with zero attached hydrogens (tertiary/aromatic N) is 2. The maximum atomic E-state index is 10.3. The van der Waals surface area contributed by atoms with E-state index in [0.717, 1.165) is 12.3 Å². The Kier molecular flexibility index (Phi) is 7.13. The van der Waals surface area contributed by atoms with Crippen molar-refractivity contribution in [2.45, 2.75) is 38.8 Å². The Labute approximate surface area is 163 Å². The van der Waals surface area contributed by atoms with Crippen molar-refractivity contribution >= 4 is 5.69 Å². The molecular formula is C23H32N2O2. The number of rotatable bonds is 8. The van der Waals surface area contributed by atoms with Gasteiger partial charge in [0.05, 0.1) is 0 Å². The highest BCUT2D eigenvalue weighted by molar-refractivity contribution is 5.47. The van der Waals surface area contributed by atoms with Crippen LogP contribution in [0.4, 0.5) is 5.69 Å². The summed E-state index contributed by atoms with van der Waals surface area (Å²) in [6.45, 7) is 6.11. The number of aliphatic hydroxyl groups excluding tert-OH is 1. The number of anilines is 1. The second-order valence-corrected chi connectivity index (χ2v) is 7.69. The van der Waals surface area contributed by atoms with E-state index in [0.29, 0.717) is 13.2 Å². The van der Waals surface area contributed by atoms with E-state index in [4.69, 9.17) is 4.74 Å². The normalized spacial score (nSPS) is 15.8. The highest BCUT2D eigenvalue weighted by atomic mass is 16.5. The monoisotopic (exact) mass is 368 g/mol. The highest BCUT2D eigenvalue weighted by Gasteiger charge is 2.12. The van der Waals surface area contributed by atoms with E-state index in [1.54, 1.807) is 0 Å². The molecular weight excluding hydrogens is 336 g/mol. The molecule has 0 amide bonds. The zero-order valence-corrected chi connectivity index (χ0v) is 16.6. The molecule has 0 saturated carbocycles. The lowest BCUT2D eigenvalue weighted by Crippen LogP contribution is -2.32. The van der Waals surface area contributed by atoms with Gasteiger partial charge < -0.3 is 14.7 Å². The van der Waals surface area contributed by atoms with Crippen LogP contribution in [0.25, 0.3) is 0 Å². The standard InChI is InChI=1S/C23H32N2O2/c1-19-6-12-23(13-7-19)27-18-22(26)17-24(2)16-20-8-10-21(11-9-20)25-14-4-3-5-15-25/h6-13,22,26H,3-5,14-18H2,1-2H3/t22-/m0/s1. The van der Waals surface area contributed by atoms with Crippen LogP contribution in [0.15, 0.2) is 48.5 Å². The van der Waals surface area contributed by atoms with E-state index in [9.17, 15) is 5.11 Å². The summed E-state index contributed by atoms with van der Waals surface area (Å²) >= 11 is 0. The summed E-state index contributed by atoms with van der Waals surface area (Å²) in [5.74, 6) is 0.801. The van der Waals surface area contributed by atoms with Gasteiger partial charge in [0.25, 0.3) is 0 Å².